The lowest BCUT2D eigenvalue weighted by Gasteiger charge is -2.37. The van der Waals surface area contributed by atoms with E-state index < -0.39 is 11.6 Å². The van der Waals surface area contributed by atoms with E-state index in [1.165, 1.54) is 36.7 Å². The summed E-state index contributed by atoms with van der Waals surface area (Å²) in [5, 5.41) is 9.41. The SMILES string of the molecule is COc1cnc(N2CCN(C3CCN(c4ccc(Cl)c(F)c4)C3=O)CC2)nc1.O=C1C(N2CCN(c3ncc(O)cn3)CC2)CCN1c1ccc(Cl)c(F)c1. The summed E-state index contributed by atoms with van der Waals surface area (Å²) < 4.78 is 32.6. The summed E-state index contributed by atoms with van der Waals surface area (Å²) >= 11 is 11.5. The summed E-state index contributed by atoms with van der Waals surface area (Å²) in [4.78, 5) is 54.4. The van der Waals surface area contributed by atoms with Gasteiger partial charge in [-0.2, -0.15) is 0 Å². The van der Waals surface area contributed by atoms with Gasteiger partial charge in [0.25, 0.3) is 0 Å². The number of anilines is 4. The number of rotatable bonds is 7. The van der Waals surface area contributed by atoms with Crippen LogP contribution in [-0.4, -0.2) is 131 Å². The third-order valence-electron chi connectivity index (χ3n) is 10.3. The Morgan fingerprint density at radius 2 is 1.04 bits per heavy atom. The Kier molecular flexibility index (Phi) is 11.8. The maximum Gasteiger partial charge on any atom is 0.244 e. The molecule has 4 aliphatic heterocycles. The van der Waals surface area contributed by atoms with Crippen molar-refractivity contribution in [3.8, 4) is 11.5 Å². The molecule has 2 unspecified atom stereocenters. The minimum absolute atomic E-state index is 0.00828. The van der Waals surface area contributed by atoms with E-state index in [9.17, 15) is 23.5 Å². The molecule has 2 amide bonds. The van der Waals surface area contributed by atoms with Gasteiger partial charge in [-0.3, -0.25) is 19.4 Å². The zero-order valence-electron chi connectivity index (χ0n) is 30.1. The molecule has 2 atom stereocenters. The second-order valence-electron chi connectivity index (χ2n) is 13.5. The highest BCUT2D eigenvalue weighted by Crippen LogP contribution is 2.30. The number of nitrogens with zero attached hydrogens (tertiary/aromatic N) is 10. The average molecular weight is 798 g/mol. The first-order valence-corrected chi connectivity index (χ1v) is 18.7. The van der Waals surface area contributed by atoms with Crippen LogP contribution in [0.4, 0.5) is 32.1 Å². The number of benzene rings is 2. The molecule has 55 heavy (non-hydrogen) atoms. The van der Waals surface area contributed by atoms with Gasteiger partial charge in [-0.05, 0) is 49.2 Å². The van der Waals surface area contributed by atoms with E-state index in [1.807, 2.05) is 4.90 Å². The predicted molar refractivity (Wildman–Crippen MR) is 204 cm³/mol. The fourth-order valence-corrected chi connectivity index (χ4v) is 7.58. The number of piperazine rings is 2. The Balaban J connectivity index is 0.000000169. The highest BCUT2D eigenvalue weighted by Gasteiger charge is 2.39. The van der Waals surface area contributed by atoms with Crippen LogP contribution in [0.2, 0.25) is 10.0 Å². The van der Waals surface area contributed by atoms with Crippen molar-refractivity contribution in [3.05, 3.63) is 82.9 Å². The molecule has 0 radical (unpaired) electrons. The van der Waals surface area contributed by atoms with Gasteiger partial charge in [-0.1, -0.05) is 23.2 Å². The van der Waals surface area contributed by atoms with Crippen LogP contribution in [0, 0.1) is 11.6 Å². The first kappa shape index (κ1) is 38.4. The van der Waals surface area contributed by atoms with Gasteiger partial charge in [0.05, 0.1) is 54.0 Å². The molecular formula is C37H40Cl2F2N10O4. The molecule has 18 heteroatoms. The number of methoxy groups -OCH3 is 1. The van der Waals surface area contributed by atoms with Crippen LogP contribution in [0.1, 0.15) is 12.8 Å². The molecule has 0 saturated carbocycles. The van der Waals surface area contributed by atoms with E-state index in [0.717, 1.165) is 32.6 Å². The van der Waals surface area contributed by atoms with Gasteiger partial charge < -0.3 is 29.4 Å². The number of halogens is 4. The molecule has 14 nitrogen and oxygen atoms in total. The van der Waals surface area contributed by atoms with Crippen LogP contribution in [0.3, 0.4) is 0 Å². The summed E-state index contributed by atoms with van der Waals surface area (Å²) in [7, 11) is 1.58. The van der Waals surface area contributed by atoms with E-state index in [0.29, 0.717) is 74.7 Å². The Bertz CT molecular complexity index is 1980. The molecule has 2 aromatic heterocycles. The van der Waals surface area contributed by atoms with Gasteiger partial charge >= 0.3 is 0 Å². The molecule has 0 bridgehead atoms. The number of carbonyl (C=O) groups is 2. The van der Waals surface area contributed by atoms with Gasteiger partial charge in [0.15, 0.2) is 11.5 Å². The number of hydrogen-bond acceptors (Lipinski definition) is 12. The molecule has 1 N–H and O–H groups in total. The predicted octanol–water partition coefficient (Wildman–Crippen LogP) is 4.11. The Morgan fingerprint density at radius 3 is 1.42 bits per heavy atom. The minimum Gasteiger partial charge on any atom is -0.505 e. The lowest BCUT2D eigenvalue weighted by atomic mass is 10.2. The van der Waals surface area contributed by atoms with E-state index in [2.05, 4.69) is 34.6 Å². The number of aromatic hydroxyl groups is 1. The average Bonchev–Trinajstić information content (AvgIpc) is 3.79. The third kappa shape index (κ3) is 8.52. The fraction of sp³-hybridized carbons (Fsp3) is 0.405. The van der Waals surface area contributed by atoms with E-state index in [4.69, 9.17) is 27.9 Å². The van der Waals surface area contributed by atoms with Crippen molar-refractivity contribution in [2.75, 3.05) is 92.2 Å². The van der Waals surface area contributed by atoms with Gasteiger partial charge in [0.2, 0.25) is 23.7 Å². The molecule has 0 spiro atoms. The van der Waals surface area contributed by atoms with Crippen LogP contribution in [0.5, 0.6) is 11.5 Å². The first-order chi connectivity index (χ1) is 26.6. The smallest absolute Gasteiger partial charge is 0.244 e. The van der Waals surface area contributed by atoms with Crippen molar-refractivity contribution in [2.45, 2.75) is 24.9 Å². The summed E-state index contributed by atoms with van der Waals surface area (Å²) in [5.41, 5.74) is 1.10. The summed E-state index contributed by atoms with van der Waals surface area (Å²) in [6, 6.07) is 8.56. The Labute approximate surface area is 326 Å². The fourth-order valence-electron chi connectivity index (χ4n) is 7.35. The molecule has 0 aliphatic carbocycles. The van der Waals surface area contributed by atoms with Crippen molar-refractivity contribution in [3.63, 3.8) is 0 Å². The van der Waals surface area contributed by atoms with Crippen molar-refractivity contribution in [1.82, 2.24) is 29.7 Å². The second-order valence-corrected chi connectivity index (χ2v) is 14.3. The molecule has 4 aliphatic rings. The van der Waals surface area contributed by atoms with Gasteiger partial charge in [-0.15, -0.1) is 0 Å². The van der Waals surface area contributed by atoms with Crippen molar-refractivity contribution >= 4 is 58.3 Å². The highest BCUT2D eigenvalue weighted by molar-refractivity contribution is 6.31. The van der Waals surface area contributed by atoms with E-state index in [-0.39, 0.29) is 39.7 Å². The van der Waals surface area contributed by atoms with Crippen LogP contribution in [0.25, 0.3) is 0 Å². The van der Waals surface area contributed by atoms with Crippen LogP contribution >= 0.6 is 23.2 Å². The molecule has 4 aromatic rings. The summed E-state index contributed by atoms with van der Waals surface area (Å²) in [6.07, 6.45) is 7.48. The van der Waals surface area contributed by atoms with Crippen LogP contribution in [-0.2, 0) is 9.59 Å². The molecule has 290 valence electrons. The second kappa shape index (κ2) is 16.9. The Morgan fingerprint density at radius 1 is 0.636 bits per heavy atom. The summed E-state index contributed by atoms with van der Waals surface area (Å²) in [5.74, 6) is 0.864. The molecular weight excluding hydrogens is 757 g/mol. The maximum absolute atomic E-state index is 13.8. The van der Waals surface area contributed by atoms with Crippen molar-refractivity contribution < 1.29 is 28.2 Å². The van der Waals surface area contributed by atoms with Gasteiger partial charge in [0.1, 0.15) is 11.6 Å². The highest BCUT2D eigenvalue weighted by atomic mass is 35.5. The molecule has 4 fully saturated rings. The first-order valence-electron chi connectivity index (χ1n) is 18.0. The zero-order valence-corrected chi connectivity index (χ0v) is 31.6. The molecule has 6 heterocycles. The van der Waals surface area contributed by atoms with Crippen LogP contribution < -0.4 is 24.3 Å². The summed E-state index contributed by atoms with van der Waals surface area (Å²) in [6.45, 7) is 6.93. The van der Waals surface area contributed by atoms with Crippen molar-refractivity contribution in [2.24, 2.45) is 0 Å². The lowest BCUT2D eigenvalue weighted by molar-refractivity contribution is -0.122. The van der Waals surface area contributed by atoms with Crippen molar-refractivity contribution in [1.29, 1.82) is 0 Å². The lowest BCUT2D eigenvalue weighted by Crippen LogP contribution is -2.53. The number of hydrogen-bond donors (Lipinski definition) is 1. The number of amides is 2. The van der Waals surface area contributed by atoms with Gasteiger partial charge in [0, 0.05) is 76.8 Å². The molecule has 8 rings (SSSR count). The minimum atomic E-state index is -0.520. The largest absolute Gasteiger partial charge is 0.505 e. The topological polar surface area (TPSA) is 135 Å². The number of aromatic nitrogens is 4. The normalized spacial score (nSPS) is 20.9. The van der Waals surface area contributed by atoms with E-state index >= 15 is 0 Å². The number of ether oxygens (including phenoxy) is 1. The monoisotopic (exact) mass is 796 g/mol. The van der Waals surface area contributed by atoms with E-state index in [1.54, 1.807) is 41.4 Å². The molecule has 2 aromatic carbocycles. The Hall–Kier alpha value is -4.90. The quantitative estimate of drug-likeness (QED) is 0.289. The standard InChI is InChI=1S/C19H21ClFN5O2.C18H19ClFN5O2/c1-28-14-11-22-19(23-12-14)25-8-6-24(7-9-25)17-4-5-26(18(17)27)13-2-3-15(20)16(21)10-13;19-14-2-1-12(9-15(14)20)25-4-3-16(17(25)27)23-5-7-24(8-6-23)18-21-10-13(26)11-22-18/h2-3,10-12,17H,4-9H2,1H3;1-2,9-11,16,26H,3-8H2. The van der Waals surface area contributed by atoms with Gasteiger partial charge in [-0.25, -0.2) is 28.7 Å². The number of carbonyl (C=O) groups excluding carboxylic acids is 2. The maximum atomic E-state index is 13.8. The third-order valence-corrected chi connectivity index (χ3v) is 10.9. The van der Waals surface area contributed by atoms with Crippen LogP contribution in [0.15, 0.2) is 61.2 Å². The molecule has 4 saturated heterocycles. The zero-order chi connectivity index (χ0) is 38.6.